The van der Waals surface area contributed by atoms with Crippen LogP contribution in [0.2, 0.25) is 0 Å². The second-order valence-electron chi connectivity index (χ2n) is 9.89. The lowest BCUT2D eigenvalue weighted by Gasteiger charge is -2.26. The van der Waals surface area contributed by atoms with Gasteiger partial charge < -0.3 is 33.2 Å². The predicted octanol–water partition coefficient (Wildman–Crippen LogP) is 4.00. The predicted molar refractivity (Wildman–Crippen MR) is 148 cm³/mol. The lowest BCUT2D eigenvalue weighted by molar-refractivity contribution is -0.870. The van der Waals surface area contributed by atoms with Crippen LogP contribution in [0.15, 0.2) is 0 Å². The standard InChI is InChI=1S/C24H48NO8PS2/c1-25(2,3)16-19-31-34(35,36)32-21-22(33-24(29)15-11-7-5-9-13-18-27)20-30-23(28)14-10-6-4-8-12-17-26/h22,26-27H,4-21H2,1-3H3/p+1. The molecular formula is C24H49NO8PS2+. The molecule has 0 bridgehead atoms. The summed E-state index contributed by atoms with van der Waals surface area (Å²) in [4.78, 5) is 24.5. The highest BCUT2D eigenvalue weighted by Crippen LogP contribution is 2.53. The van der Waals surface area contributed by atoms with Crippen molar-refractivity contribution in [1.29, 1.82) is 0 Å². The monoisotopic (exact) mass is 574 g/mol. The van der Waals surface area contributed by atoms with Crippen molar-refractivity contribution in [3.63, 3.8) is 0 Å². The molecule has 9 nitrogen and oxygen atoms in total. The van der Waals surface area contributed by atoms with Crippen molar-refractivity contribution >= 4 is 41.7 Å². The third-order valence-corrected chi connectivity index (χ3v) is 7.56. The smallest absolute Gasteiger partial charge is 0.306 e. The summed E-state index contributed by atoms with van der Waals surface area (Å²) in [6.45, 7) is 1.31. The molecule has 0 spiro atoms. The van der Waals surface area contributed by atoms with E-state index in [1.54, 1.807) is 0 Å². The van der Waals surface area contributed by atoms with Crippen molar-refractivity contribution in [1.82, 2.24) is 0 Å². The number of rotatable bonds is 24. The number of likely N-dealkylation sites (N-methyl/N-ethyl adjacent to an activating group) is 1. The Morgan fingerprint density at radius 2 is 1.31 bits per heavy atom. The Bertz CT molecular complexity index is 634. The second-order valence-corrected chi connectivity index (χ2v) is 15.2. The number of aliphatic hydroxyl groups is 2. The first-order chi connectivity index (χ1) is 17.0. The number of hydrogen-bond donors (Lipinski definition) is 3. The fourth-order valence-corrected chi connectivity index (χ4v) is 4.68. The van der Waals surface area contributed by atoms with Crippen molar-refractivity contribution in [2.24, 2.45) is 0 Å². The molecule has 0 aromatic carbocycles. The summed E-state index contributed by atoms with van der Waals surface area (Å²) in [6, 6.07) is 0. The maximum absolute atomic E-state index is 12.3. The van der Waals surface area contributed by atoms with Gasteiger partial charge in [-0.2, -0.15) is 0 Å². The van der Waals surface area contributed by atoms with Crippen LogP contribution in [0.4, 0.5) is 0 Å². The van der Waals surface area contributed by atoms with E-state index in [2.05, 4.69) is 12.2 Å². The molecule has 36 heavy (non-hydrogen) atoms. The van der Waals surface area contributed by atoms with E-state index in [1.165, 1.54) is 0 Å². The Morgan fingerprint density at radius 3 is 1.83 bits per heavy atom. The van der Waals surface area contributed by atoms with Crippen LogP contribution in [0.25, 0.3) is 0 Å². The fourth-order valence-electron chi connectivity index (χ4n) is 3.09. The number of ether oxygens (including phenoxy) is 2. The van der Waals surface area contributed by atoms with Crippen LogP contribution in [0.3, 0.4) is 0 Å². The van der Waals surface area contributed by atoms with Gasteiger partial charge in [-0.1, -0.05) is 50.8 Å². The molecule has 2 atom stereocenters. The van der Waals surface area contributed by atoms with Gasteiger partial charge >= 0.3 is 11.9 Å². The molecule has 0 amide bonds. The van der Waals surface area contributed by atoms with E-state index < -0.39 is 11.8 Å². The van der Waals surface area contributed by atoms with Gasteiger partial charge in [-0.25, -0.2) is 0 Å². The molecule has 0 aliphatic heterocycles. The van der Waals surface area contributed by atoms with Gasteiger partial charge in [0.1, 0.15) is 19.8 Å². The number of carbonyl (C=O) groups excluding carboxylic acids is 2. The van der Waals surface area contributed by atoms with E-state index in [4.69, 9.17) is 40.5 Å². The van der Waals surface area contributed by atoms with E-state index in [0.717, 1.165) is 57.9 Å². The van der Waals surface area contributed by atoms with Crippen molar-refractivity contribution in [3.05, 3.63) is 0 Å². The molecule has 0 aromatic heterocycles. The maximum atomic E-state index is 12.3. The van der Waals surface area contributed by atoms with Crippen LogP contribution >= 0.6 is 17.9 Å². The minimum absolute atomic E-state index is 0.0676. The lowest BCUT2D eigenvalue weighted by atomic mass is 10.1. The van der Waals surface area contributed by atoms with Crippen LogP contribution in [0.5, 0.6) is 0 Å². The summed E-state index contributed by atoms with van der Waals surface area (Å²) in [5.74, 6) is -0.740. The Morgan fingerprint density at radius 1 is 0.806 bits per heavy atom. The van der Waals surface area contributed by atoms with E-state index in [0.29, 0.717) is 23.9 Å². The van der Waals surface area contributed by atoms with Gasteiger partial charge in [0, 0.05) is 26.1 Å². The van der Waals surface area contributed by atoms with Crippen molar-refractivity contribution in [3.8, 4) is 0 Å². The minimum Gasteiger partial charge on any atom is -0.462 e. The van der Waals surface area contributed by atoms with Crippen LogP contribution < -0.4 is 0 Å². The van der Waals surface area contributed by atoms with Gasteiger partial charge in [-0.3, -0.25) is 9.59 Å². The first-order valence-corrected chi connectivity index (χ1v) is 16.8. The zero-order valence-electron chi connectivity index (χ0n) is 22.4. The van der Waals surface area contributed by atoms with Gasteiger partial charge in [0.25, 0.3) is 0 Å². The highest BCUT2D eigenvalue weighted by Gasteiger charge is 2.22. The summed E-state index contributed by atoms with van der Waals surface area (Å²) in [7, 11) is 6.12. The SMILES string of the molecule is C[N+](C)(C)CCOP(=S)(S)OCC(COC(=O)CCCCCCCO)OC(=O)CCCCCCCO. The van der Waals surface area contributed by atoms with E-state index in [1.807, 2.05) is 21.1 Å². The Balaban J connectivity index is 4.60. The highest BCUT2D eigenvalue weighted by molar-refractivity contribution is 8.60. The van der Waals surface area contributed by atoms with Crippen molar-refractivity contribution < 1.29 is 42.8 Å². The number of carbonyl (C=O) groups is 2. The Hall–Kier alpha value is -0.260. The summed E-state index contributed by atoms with van der Waals surface area (Å²) in [5, 5.41) is 17.6. The Kier molecular flexibility index (Phi) is 21.5. The minimum atomic E-state index is -2.84. The quantitative estimate of drug-likeness (QED) is 0.0518. The summed E-state index contributed by atoms with van der Waals surface area (Å²) < 4.78 is 22.9. The van der Waals surface area contributed by atoms with Crippen LogP contribution in [0.1, 0.15) is 77.0 Å². The summed E-state index contributed by atoms with van der Waals surface area (Å²) in [5.41, 5.74) is -2.84. The fraction of sp³-hybridized carbons (Fsp3) is 0.917. The van der Waals surface area contributed by atoms with Gasteiger partial charge in [0.2, 0.25) is 5.69 Å². The molecule has 214 valence electrons. The molecule has 0 fully saturated rings. The number of thiol groups is 1. The first kappa shape index (κ1) is 35.7. The second kappa shape index (κ2) is 21.6. The molecule has 0 saturated carbocycles. The van der Waals surface area contributed by atoms with Crippen molar-refractivity contribution in [2.75, 3.05) is 60.7 Å². The van der Waals surface area contributed by atoms with Gasteiger partial charge in [0.05, 0.1) is 27.7 Å². The molecule has 0 heterocycles. The molecule has 0 rings (SSSR count). The number of nitrogens with zero attached hydrogens (tertiary/aromatic N) is 1. The van der Waals surface area contributed by atoms with E-state index in [-0.39, 0.29) is 51.2 Å². The van der Waals surface area contributed by atoms with Gasteiger partial charge in [0.15, 0.2) is 6.10 Å². The number of unbranched alkanes of at least 4 members (excludes halogenated alkanes) is 8. The number of quaternary nitrogens is 1. The molecule has 2 N–H and O–H groups in total. The molecule has 2 unspecified atom stereocenters. The van der Waals surface area contributed by atoms with E-state index >= 15 is 0 Å². The molecule has 0 saturated heterocycles. The Labute approximate surface area is 228 Å². The first-order valence-electron chi connectivity index (χ1n) is 13.0. The van der Waals surface area contributed by atoms with Gasteiger partial charge in [-0.15, -0.1) is 0 Å². The van der Waals surface area contributed by atoms with Gasteiger partial charge in [-0.05, 0) is 37.5 Å². The average molecular weight is 575 g/mol. The number of esters is 2. The highest BCUT2D eigenvalue weighted by atomic mass is 32.9. The molecule has 0 aliphatic carbocycles. The molecule has 0 aliphatic rings. The maximum Gasteiger partial charge on any atom is 0.306 e. The third kappa shape index (κ3) is 24.1. The average Bonchev–Trinajstić information content (AvgIpc) is 2.79. The molecule has 12 heteroatoms. The van der Waals surface area contributed by atoms with Crippen molar-refractivity contribution in [2.45, 2.75) is 83.2 Å². The van der Waals surface area contributed by atoms with Crippen LogP contribution in [-0.2, 0) is 39.9 Å². The molecular weight excluding hydrogens is 525 g/mol. The molecule has 0 radical (unpaired) electrons. The zero-order valence-corrected chi connectivity index (χ0v) is 25.0. The van der Waals surface area contributed by atoms with E-state index in [9.17, 15) is 9.59 Å². The summed E-state index contributed by atoms with van der Waals surface area (Å²) >= 11 is 9.72. The van der Waals surface area contributed by atoms with Crippen LogP contribution in [-0.4, -0.2) is 93.5 Å². The topological polar surface area (TPSA) is 112 Å². The third-order valence-electron chi connectivity index (χ3n) is 5.25. The van der Waals surface area contributed by atoms with Crippen LogP contribution in [0, 0.1) is 0 Å². The zero-order chi connectivity index (χ0) is 27.3. The normalized spacial score (nSPS) is 14.3. The molecule has 0 aromatic rings. The largest absolute Gasteiger partial charge is 0.462 e. The number of aliphatic hydroxyl groups excluding tert-OH is 2. The summed E-state index contributed by atoms with van der Waals surface area (Å²) in [6.07, 6.45) is 8.23. The number of hydrogen-bond acceptors (Lipinski definition) is 9. The lowest BCUT2D eigenvalue weighted by Crippen LogP contribution is -2.37.